The molecule has 1 amide bonds. The van der Waals surface area contributed by atoms with Crippen molar-refractivity contribution in [1.29, 1.82) is 0 Å². The molecule has 1 N–H and O–H groups in total. The van der Waals surface area contributed by atoms with Crippen LogP contribution >= 0.6 is 11.6 Å². The first-order valence-electron chi connectivity index (χ1n) is 8.42. The van der Waals surface area contributed by atoms with E-state index in [9.17, 15) is 4.79 Å². The lowest BCUT2D eigenvalue weighted by Crippen LogP contribution is -2.21. The van der Waals surface area contributed by atoms with Gasteiger partial charge in [0.1, 0.15) is 12.4 Å². The van der Waals surface area contributed by atoms with Gasteiger partial charge in [0.15, 0.2) is 18.2 Å². The van der Waals surface area contributed by atoms with Crippen molar-refractivity contribution in [3.05, 3.63) is 83.0 Å². The number of aromatic nitrogens is 1. The maximum absolute atomic E-state index is 12.2. The van der Waals surface area contributed by atoms with Gasteiger partial charge < -0.3 is 14.8 Å². The first-order valence-corrected chi connectivity index (χ1v) is 8.80. The van der Waals surface area contributed by atoms with Crippen LogP contribution in [0.15, 0.2) is 66.9 Å². The van der Waals surface area contributed by atoms with E-state index in [2.05, 4.69) is 10.3 Å². The molecule has 3 rings (SSSR count). The van der Waals surface area contributed by atoms with Crippen LogP contribution < -0.4 is 14.8 Å². The van der Waals surface area contributed by atoms with E-state index in [0.29, 0.717) is 28.9 Å². The lowest BCUT2D eigenvalue weighted by atomic mass is 10.1. The summed E-state index contributed by atoms with van der Waals surface area (Å²) in [6, 6.07) is 18.3. The molecule has 0 atom stereocenters. The molecular weight excluding hydrogens is 364 g/mol. The molecule has 1 aromatic heterocycles. The monoisotopic (exact) mass is 382 g/mol. The van der Waals surface area contributed by atoms with Crippen LogP contribution in [0.2, 0.25) is 5.02 Å². The largest absolute Gasteiger partial charge is 0.485 e. The SMILES string of the molecule is Cc1ccccc1COc1cccnc1NC(=O)COc1ccc(Cl)cc1. The number of nitrogens with one attached hydrogen (secondary N) is 1. The van der Waals surface area contributed by atoms with Crippen molar-refractivity contribution in [2.45, 2.75) is 13.5 Å². The molecule has 0 bridgehead atoms. The standard InChI is InChI=1S/C21H19ClN2O3/c1-15-5-2-3-6-16(15)13-27-19-7-4-12-23-21(19)24-20(25)14-26-18-10-8-17(22)9-11-18/h2-12H,13-14H2,1H3,(H,23,24,25). The fourth-order valence-electron chi connectivity index (χ4n) is 2.38. The number of rotatable bonds is 7. The molecule has 0 saturated heterocycles. The fraction of sp³-hybridized carbons (Fsp3) is 0.143. The number of ether oxygens (including phenoxy) is 2. The average molecular weight is 383 g/mol. The van der Waals surface area contributed by atoms with Crippen LogP contribution in [0.5, 0.6) is 11.5 Å². The molecular formula is C21H19ClN2O3. The Kier molecular flexibility index (Phi) is 6.28. The first-order chi connectivity index (χ1) is 13.1. The highest BCUT2D eigenvalue weighted by Crippen LogP contribution is 2.23. The van der Waals surface area contributed by atoms with Gasteiger partial charge >= 0.3 is 0 Å². The second kappa shape index (κ2) is 9.05. The molecule has 0 aliphatic rings. The van der Waals surface area contributed by atoms with Crippen molar-refractivity contribution in [3.63, 3.8) is 0 Å². The molecule has 2 aromatic carbocycles. The summed E-state index contributed by atoms with van der Waals surface area (Å²) in [7, 11) is 0. The third kappa shape index (κ3) is 5.46. The Hall–Kier alpha value is -3.05. The van der Waals surface area contributed by atoms with Crippen LogP contribution in [0.3, 0.4) is 0 Å². The Labute approximate surface area is 162 Å². The molecule has 138 valence electrons. The number of hydrogen-bond donors (Lipinski definition) is 1. The topological polar surface area (TPSA) is 60.5 Å². The van der Waals surface area contributed by atoms with E-state index in [0.717, 1.165) is 11.1 Å². The van der Waals surface area contributed by atoms with E-state index in [4.69, 9.17) is 21.1 Å². The van der Waals surface area contributed by atoms with Crippen LogP contribution in [-0.4, -0.2) is 17.5 Å². The second-order valence-corrected chi connectivity index (χ2v) is 6.29. The van der Waals surface area contributed by atoms with E-state index in [1.54, 1.807) is 42.6 Å². The van der Waals surface area contributed by atoms with Crippen molar-refractivity contribution in [2.75, 3.05) is 11.9 Å². The first kappa shape index (κ1) is 18.7. The Morgan fingerprint density at radius 2 is 1.81 bits per heavy atom. The van der Waals surface area contributed by atoms with Crippen molar-refractivity contribution in [3.8, 4) is 11.5 Å². The van der Waals surface area contributed by atoms with Crippen LogP contribution in [0.25, 0.3) is 0 Å². The average Bonchev–Trinajstić information content (AvgIpc) is 2.68. The van der Waals surface area contributed by atoms with Crippen LogP contribution in [0, 0.1) is 6.92 Å². The second-order valence-electron chi connectivity index (χ2n) is 5.86. The van der Waals surface area contributed by atoms with Gasteiger partial charge in [-0.05, 0) is 54.4 Å². The molecule has 0 saturated carbocycles. The molecule has 3 aromatic rings. The lowest BCUT2D eigenvalue weighted by Gasteiger charge is -2.13. The predicted octanol–water partition coefficient (Wildman–Crippen LogP) is 4.64. The van der Waals surface area contributed by atoms with E-state index in [1.807, 2.05) is 31.2 Å². The normalized spacial score (nSPS) is 10.3. The highest BCUT2D eigenvalue weighted by Gasteiger charge is 2.10. The van der Waals surface area contributed by atoms with Gasteiger partial charge in [0.05, 0.1) is 0 Å². The minimum atomic E-state index is -0.329. The highest BCUT2D eigenvalue weighted by atomic mass is 35.5. The molecule has 1 heterocycles. The number of pyridine rings is 1. The summed E-state index contributed by atoms with van der Waals surface area (Å²) in [5.41, 5.74) is 2.22. The van der Waals surface area contributed by atoms with E-state index >= 15 is 0 Å². The Morgan fingerprint density at radius 1 is 1.04 bits per heavy atom. The van der Waals surface area contributed by atoms with Gasteiger partial charge in [-0.3, -0.25) is 4.79 Å². The van der Waals surface area contributed by atoms with E-state index in [-0.39, 0.29) is 12.5 Å². The Bertz CT molecular complexity index is 913. The molecule has 0 spiro atoms. The summed E-state index contributed by atoms with van der Waals surface area (Å²) in [4.78, 5) is 16.4. The molecule has 0 aliphatic heterocycles. The molecule has 0 radical (unpaired) electrons. The van der Waals surface area contributed by atoms with Crippen molar-refractivity contribution >= 4 is 23.3 Å². The van der Waals surface area contributed by atoms with Crippen molar-refractivity contribution in [2.24, 2.45) is 0 Å². The van der Waals surface area contributed by atoms with Gasteiger partial charge in [-0.15, -0.1) is 0 Å². The number of nitrogens with zero attached hydrogens (tertiary/aromatic N) is 1. The maximum Gasteiger partial charge on any atom is 0.263 e. The van der Waals surface area contributed by atoms with Gasteiger partial charge in [0, 0.05) is 11.2 Å². The van der Waals surface area contributed by atoms with Crippen LogP contribution in [0.1, 0.15) is 11.1 Å². The zero-order chi connectivity index (χ0) is 19.1. The quantitative estimate of drug-likeness (QED) is 0.646. The van der Waals surface area contributed by atoms with Gasteiger partial charge in [-0.25, -0.2) is 4.98 Å². The minimum absolute atomic E-state index is 0.143. The van der Waals surface area contributed by atoms with E-state index < -0.39 is 0 Å². The number of amides is 1. The molecule has 5 nitrogen and oxygen atoms in total. The van der Waals surface area contributed by atoms with E-state index in [1.165, 1.54) is 0 Å². The number of halogens is 1. The summed E-state index contributed by atoms with van der Waals surface area (Å²) in [6.45, 7) is 2.27. The fourth-order valence-corrected chi connectivity index (χ4v) is 2.50. The Balaban J connectivity index is 1.59. The Morgan fingerprint density at radius 3 is 2.59 bits per heavy atom. The number of hydrogen-bond acceptors (Lipinski definition) is 4. The summed E-state index contributed by atoms with van der Waals surface area (Å²) < 4.78 is 11.3. The van der Waals surface area contributed by atoms with Crippen LogP contribution in [0.4, 0.5) is 5.82 Å². The summed E-state index contributed by atoms with van der Waals surface area (Å²) in [5.74, 6) is 1.09. The summed E-state index contributed by atoms with van der Waals surface area (Å²) in [5, 5.41) is 3.32. The maximum atomic E-state index is 12.2. The molecule has 6 heteroatoms. The van der Waals surface area contributed by atoms with Gasteiger partial charge in [-0.1, -0.05) is 35.9 Å². The van der Waals surface area contributed by atoms with Crippen molar-refractivity contribution < 1.29 is 14.3 Å². The predicted molar refractivity (Wildman–Crippen MR) is 105 cm³/mol. The van der Waals surface area contributed by atoms with Crippen LogP contribution in [-0.2, 0) is 11.4 Å². The summed E-state index contributed by atoms with van der Waals surface area (Å²) >= 11 is 5.83. The number of anilines is 1. The highest BCUT2D eigenvalue weighted by molar-refractivity contribution is 6.30. The number of carbonyl (C=O) groups is 1. The van der Waals surface area contributed by atoms with Gasteiger partial charge in [0.2, 0.25) is 0 Å². The third-order valence-electron chi connectivity index (χ3n) is 3.86. The zero-order valence-corrected chi connectivity index (χ0v) is 15.6. The zero-order valence-electron chi connectivity index (χ0n) is 14.8. The number of aryl methyl sites for hydroxylation is 1. The molecule has 0 fully saturated rings. The van der Waals surface area contributed by atoms with Gasteiger partial charge in [0.25, 0.3) is 5.91 Å². The third-order valence-corrected chi connectivity index (χ3v) is 4.11. The van der Waals surface area contributed by atoms with Gasteiger partial charge in [-0.2, -0.15) is 0 Å². The minimum Gasteiger partial charge on any atom is -0.485 e. The number of carbonyl (C=O) groups excluding carboxylic acids is 1. The van der Waals surface area contributed by atoms with Crippen molar-refractivity contribution in [1.82, 2.24) is 4.98 Å². The smallest absolute Gasteiger partial charge is 0.263 e. The molecule has 0 unspecified atom stereocenters. The molecule has 27 heavy (non-hydrogen) atoms. The summed E-state index contributed by atoms with van der Waals surface area (Å²) in [6.07, 6.45) is 1.59. The molecule has 0 aliphatic carbocycles. The lowest BCUT2D eigenvalue weighted by molar-refractivity contribution is -0.118. The number of benzene rings is 2.